The average Bonchev–Trinajstić information content (AvgIpc) is 3.32. The highest BCUT2D eigenvalue weighted by Gasteiger charge is 2.33. The van der Waals surface area contributed by atoms with E-state index in [2.05, 4.69) is 21.9 Å². The highest BCUT2D eigenvalue weighted by atomic mass is 35.5. The van der Waals surface area contributed by atoms with Gasteiger partial charge in [-0.15, -0.1) is 0 Å². The van der Waals surface area contributed by atoms with Crippen molar-refractivity contribution in [2.45, 2.75) is 24.8 Å². The van der Waals surface area contributed by atoms with E-state index in [-0.39, 0.29) is 17.0 Å². The number of carbonyl (C=O) groups is 1. The molecule has 1 amide bonds. The van der Waals surface area contributed by atoms with Gasteiger partial charge in [0.05, 0.1) is 29.9 Å². The summed E-state index contributed by atoms with van der Waals surface area (Å²) in [5.41, 5.74) is 2.13. The molecule has 0 aliphatic carbocycles. The Kier molecular flexibility index (Phi) is 6.55. The van der Waals surface area contributed by atoms with Crippen LogP contribution >= 0.6 is 11.6 Å². The fourth-order valence-electron chi connectivity index (χ4n) is 5.31. The number of likely N-dealkylation sites (tertiary alicyclic amines) is 1. The van der Waals surface area contributed by atoms with E-state index in [0.29, 0.717) is 36.7 Å². The summed E-state index contributed by atoms with van der Waals surface area (Å²) in [6, 6.07) is 4.64. The number of piperidine rings is 1. The monoisotopic (exact) mass is 503 g/mol. The van der Waals surface area contributed by atoms with Gasteiger partial charge >= 0.3 is 0 Å². The quantitative estimate of drug-likeness (QED) is 0.525. The van der Waals surface area contributed by atoms with Crippen LogP contribution in [0.2, 0.25) is 5.02 Å². The molecule has 0 radical (unpaired) electrons. The number of hydrogen-bond acceptors (Lipinski definition) is 5. The number of piperazine rings is 1. The van der Waals surface area contributed by atoms with E-state index >= 15 is 4.39 Å². The molecular formula is C25H28ClF2N5O2. The summed E-state index contributed by atoms with van der Waals surface area (Å²) in [5, 5.41) is 0.898. The maximum atomic E-state index is 15.2. The molecule has 2 saturated heterocycles. The lowest BCUT2D eigenvalue weighted by Gasteiger charge is -2.40. The maximum Gasteiger partial charge on any atom is 0.209 e. The molecule has 1 unspecified atom stereocenters. The summed E-state index contributed by atoms with van der Waals surface area (Å²) < 4.78 is 34.4. The Morgan fingerprint density at radius 1 is 1.17 bits per heavy atom. The van der Waals surface area contributed by atoms with Crippen molar-refractivity contribution in [1.82, 2.24) is 19.8 Å². The van der Waals surface area contributed by atoms with E-state index in [9.17, 15) is 9.18 Å². The number of carbonyl (C=O) groups excluding carboxylic acids is 1. The Hall–Kier alpha value is -2.91. The summed E-state index contributed by atoms with van der Waals surface area (Å²) in [6.45, 7) is 3.23. The van der Waals surface area contributed by atoms with Crippen molar-refractivity contribution in [1.29, 1.82) is 0 Å². The molecule has 2 aliphatic heterocycles. The van der Waals surface area contributed by atoms with Gasteiger partial charge in [-0.1, -0.05) is 11.6 Å². The molecule has 2 aliphatic rings. The Morgan fingerprint density at radius 3 is 2.66 bits per heavy atom. The number of H-pyrrole nitrogens is 1. The standard InChI is InChI=1S/C25H28ClF2N5O2/c1-31-5-3-15(4-6-31)17-10-19(26)23(28)24-18(17)11-20(30-24)21-13-32(14-34)7-8-33(21)25-22(35-2)9-16(27)12-29-25/h9-12,14-15,21,30H,3-8,13H2,1-2H3. The van der Waals surface area contributed by atoms with Crippen LogP contribution in [0.25, 0.3) is 10.9 Å². The minimum Gasteiger partial charge on any atom is -0.493 e. The highest BCUT2D eigenvalue weighted by molar-refractivity contribution is 6.31. The lowest BCUT2D eigenvalue weighted by atomic mass is 9.87. The zero-order valence-electron chi connectivity index (χ0n) is 19.7. The van der Waals surface area contributed by atoms with Crippen molar-refractivity contribution >= 4 is 34.7 Å². The van der Waals surface area contributed by atoms with Gasteiger partial charge in [0.15, 0.2) is 17.4 Å². The van der Waals surface area contributed by atoms with Crippen molar-refractivity contribution in [3.63, 3.8) is 0 Å². The second kappa shape index (κ2) is 9.62. The van der Waals surface area contributed by atoms with Crippen LogP contribution in [0.3, 0.4) is 0 Å². The van der Waals surface area contributed by atoms with Gasteiger partial charge in [0.1, 0.15) is 5.82 Å². The molecule has 1 N–H and O–H groups in total. The Morgan fingerprint density at radius 2 is 1.94 bits per heavy atom. The highest BCUT2D eigenvalue weighted by Crippen LogP contribution is 2.40. The number of anilines is 1. The Bertz CT molecular complexity index is 1240. The van der Waals surface area contributed by atoms with Crippen LogP contribution in [-0.2, 0) is 4.79 Å². The minimum absolute atomic E-state index is 0.0942. The molecule has 7 nitrogen and oxygen atoms in total. The van der Waals surface area contributed by atoms with Gasteiger partial charge in [-0.3, -0.25) is 4.79 Å². The molecule has 4 heterocycles. The molecular weight excluding hydrogens is 476 g/mol. The van der Waals surface area contributed by atoms with Crippen molar-refractivity contribution < 1.29 is 18.3 Å². The number of pyridine rings is 1. The largest absolute Gasteiger partial charge is 0.493 e. The molecule has 0 saturated carbocycles. The molecule has 5 rings (SSSR count). The Labute approximate surface area is 207 Å². The van der Waals surface area contributed by atoms with E-state index in [1.807, 2.05) is 11.0 Å². The van der Waals surface area contributed by atoms with Crippen molar-refractivity contribution in [2.24, 2.45) is 0 Å². The van der Waals surface area contributed by atoms with Crippen molar-refractivity contribution in [2.75, 3.05) is 51.8 Å². The normalized spacial score (nSPS) is 20.0. The number of nitrogens with one attached hydrogen (secondary N) is 1. The molecule has 0 spiro atoms. The van der Waals surface area contributed by atoms with Crippen LogP contribution in [0.1, 0.15) is 36.1 Å². The number of hydrogen-bond donors (Lipinski definition) is 1. The van der Waals surface area contributed by atoms with E-state index < -0.39 is 11.6 Å². The zero-order valence-corrected chi connectivity index (χ0v) is 20.5. The first kappa shape index (κ1) is 23.8. The van der Waals surface area contributed by atoms with Crippen LogP contribution in [0.5, 0.6) is 5.75 Å². The van der Waals surface area contributed by atoms with Crippen molar-refractivity contribution in [3.05, 3.63) is 52.3 Å². The van der Waals surface area contributed by atoms with E-state index in [1.54, 1.807) is 11.0 Å². The third-order valence-corrected chi connectivity index (χ3v) is 7.51. The molecule has 186 valence electrons. The maximum absolute atomic E-state index is 15.2. The smallest absolute Gasteiger partial charge is 0.209 e. The van der Waals surface area contributed by atoms with Crippen molar-refractivity contribution in [3.8, 4) is 5.75 Å². The number of amides is 1. The Balaban J connectivity index is 1.60. The summed E-state index contributed by atoms with van der Waals surface area (Å²) in [4.78, 5) is 25.1. The second-order valence-electron chi connectivity index (χ2n) is 9.34. The molecule has 2 aromatic heterocycles. The number of aromatic amines is 1. The lowest BCUT2D eigenvalue weighted by Crippen LogP contribution is -2.48. The van der Waals surface area contributed by atoms with Crippen LogP contribution in [0, 0.1) is 11.6 Å². The number of halogens is 3. The molecule has 2 fully saturated rings. The third-order valence-electron chi connectivity index (χ3n) is 7.23. The van der Waals surface area contributed by atoms with Gasteiger partial charge in [-0.25, -0.2) is 13.8 Å². The van der Waals surface area contributed by atoms with Crippen LogP contribution in [-0.4, -0.2) is 73.1 Å². The SMILES string of the molecule is COc1cc(F)cnc1N1CCN(C=O)CC1c1cc2c(C3CCN(C)CC3)cc(Cl)c(F)c2[nH]1. The fourth-order valence-corrected chi connectivity index (χ4v) is 5.52. The first-order valence-corrected chi connectivity index (χ1v) is 12.1. The van der Waals surface area contributed by atoms with Gasteiger partial charge in [-0.05, 0) is 56.6 Å². The van der Waals surface area contributed by atoms with Gasteiger partial charge in [-0.2, -0.15) is 0 Å². The second-order valence-corrected chi connectivity index (χ2v) is 9.75. The molecule has 1 atom stereocenters. The van der Waals surface area contributed by atoms with Crippen LogP contribution < -0.4 is 9.64 Å². The fraction of sp³-hybridized carbons (Fsp3) is 0.440. The number of aromatic nitrogens is 2. The number of ether oxygens (including phenoxy) is 1. The van der Waals surface area contributed by atoms with Gasteiger partial charge in [0.2, 0.25) is 6.41 Å². The number of benzene rings is 1. The lowest BCUT2D eigenvalue weighted by molar-refractivity contribution is -0.118. The van der Waals surface area contributed by atoms with E-state index in [4.69, 9.17) is 16.3 Å². The van der Waals surface area contributed by atoms with Gasteiger partial charge < -0.3 is 24.4 Å². The van der Waals surface area contributed by atoms with E-state index in [0.717, 1.165) is 55.2 Å². The van der Waals surface area contributed by atoms with Gasteiger partial charge in [0, 0.05) is 36.8 Å². The number of methoxy groups -OCH3 is 1. The van der Waals surface area contributed by atoms with E-state index in [1.165, 1.54) is 13.2 Å². The molecule has 0 bridgehead atoms. The summed E-state index contributed by atoms with van der Waals surface area (Å²) in [5.74, 6) is 0.0581. The number of fused-ring (bicyclic) bond motifs is 1. The predicted molar refractivity (Wildman–Crippen MR) is 131 cm³/mol. The first-order valence-electron chi connectivity index (χ1n) is 11.7. The van der Waals surface area contributed by atoms with Gasteiger partial charge in [0.25, 0.3) is 0 Å². The molecule has 1 aromatic carbocycles. The summed E-state index contributed by atoms with van der Waals surface area (Å²) >= 11 is 6.33. The summed E-state index contributed by atoms with van der Waals surface area (Å²) in [6.07, 6.45) is 3.89. The number of nitrogens with zero attached hydrogens (tertiary/aromatic N) is 4. The minimum atomic E-state index is -0.501. The first-order chi connectivity index (χ1) is 16.9. The van der Waals surface area contributed by atoms with Crippen LogP contribution in [0.15, 0.2) is 24.4 Å². The molecule has 35 heavy (non-hydrogen) atoms. The predicted octanol–water partition coefficient (Wildman–Crippen LogP) is 4.33. The third kappa shape index (κ3) is 4.43. The summed E-state index contributed by atoms with van der Waals surface area (Å²) in [7, 11) is 3.57. The topological polar surface area (TPSA) is 64.7 Å². The average molecular weight is 504 g/mol. The zero-order chi connectivity index (χ0) is 24.7. The number of rotatable bonds is 5. The molecule has 3 aromatic rings. The molecule has 10 heteroatoms. The van der Waals surface area contributed by atoms with Crippen LogP contribution in [0.4, 0.5) is 14.6 Å².